The molecule has 0 saturated carbocycles. The minimum Gasteiger partial charge on any atom is -0.463 e. The van der Waals surface area contributed by atoms with E-state index < -0.39 is 221 Å². The van der Waals surface area contributed by atoms with Crippen LogP contribution in [0.4, 0.5) is 0 Å². The highest BCUT2D eigenvalue weighted by molar-refractivity contribution is 6.26. The second-order valence-corrected chi connectivity index (χ2v) is 23.3. The zero-order chi connectivity index (χ0) is 72.7. The smallest absolute Gasteiger partial charge is 0.321 e. The van der Waals surface area contributed by atoms with E-state index in [-0.39, 0.29) is 19.8 Å². The van der Waals surface area contributed by atoms with Crippen LogP contribution in [0.3, 0.4) is 0 Å². The minimum absolute atomic E-state index is 0.185. The maximum absolute atomic E-state index is 13.9. The van der Waals surface area contributed by atoms with Gasteiger partial charge in [-0.2, -0.15) is 0 Å². The molecule has 0 radical (unpaired) electrons. The van der Waals surface area contributed by atoms with Crippen molar-refractivity contribution in [1.82, 2.24) is 0 Å². The number of halogens is 1. The Balaban J connectivity index is 1.44. The maximum atomic E-state index is 13.9. The molecule has 3 aromatic carbocycles. The number of hydrogen-bond donors (Lipinski definition) is 0. The Morgan fingerprint density at radius 3 is 0.940 bits per heavy atom. The average molecular weight is 1430 g/mol. The normalized spacial score (nSPS) is 29.4. The maximum Gasteiger partial charge on any atom is 0.321 e. The quantitative estimate of drug-likeness (QED) is 0.0506. The summed E-state index contributed by atoms with van der Waals surface area (Å²) in [5.41, 5.74) is 1.81. The molecule has 33 heteroatoms. The van der Waals surface area contributed by atoms with Crippen LogP contribution in [0.2, 0.25) is 0 Å². The van der Waals surface area contributed by atoms with Gasteiger partial charge in [-0.15, -0.1) is 11.6 Å². The van der Waals surface area contributed by atoms with E-state index in [9.17, 15) is 52.7 Å². The first-order valence-electron chi connectivity index (χ1n) is 31.5. The van der Waals surface area contributed by atoms with Crippen molar-refractivity contribution >= 4 is 77.3 Å². The fourth-order valence-electron chi connectivity index (χ4n) is 11.2. The lowest BCUT2D eigenvalue weighted by Crippen LogP contribution is -2.69. The van der Waals surface area contributed by atoms with E-state index in [0.717, 1.165) is 69.2 Å². The Hall–Kier alpha value is -8.28. The molecule has 0 amide bonds. The molecule has 0 spiro atoms. The van der Waals surface area contributed by atoms with Gasteiger partial charge >= 0.3 is 65.7 Å². The number of carbonyl (C=O) groups is 11. The topological polar surface area (TPSA) is 382 Å². The van der Waals surface area contributed by atoms with Gasteiger partial charge in [-0.25, -0.2) is 0 Å². The molecule has 0 unspecified atom stereocenters. The van der Waals surface area contributed by atoms with Crippen molar-refractivity contribution in [3.8, 4) is 0 Å². The summed E-state index contributed by atoms with van der Waals surface area (Å²) in [5.74, 6) is -11.4. The summed E-state index contributed by atoms with van der Waals surface area (Å²) in [6.07, 6.45) is -35.4. The molecule has 0 aliphatic carbocycles. The second-order valence-electron chi connectivity index (χ2n) is 23.0. The van der Waals surface area contributed by atoms with Crippen LogP contribution in [-0.2, 0) is 172 Å². The van der Waals surface area contributed by atoms with E-state index >= 15 is 0 Å². The third kappa shape index (κ3) is 23.7. The van der Waals surface area contributed by atoms with Crippen LogP contribution in [0.15, 0.2) is 91.0 Å². The predicted molar refractivity (Wildman–Crippen MR) is 331 cm³/mol. The SMILES string of the molecule is CC(=O)OC[C@H]1O[C@@H](OC[C@H]2O[C@@H](OCc3ccccc3)[C@H](OCc3ccccc3)[C@@H](O[C@@H]3O[C@H](COC(C)=O)[C@@H](OC(C)=O)[C@H](O[C@@H]4O[C@H](COC(C)=O)[C@@H](OC(C)=O)[C@H](OC(=O)CCl)[C@H]4OC(C)=O)[C@H]3OC(C)=O)[C@@H]2OCc2ccccc2)[C@H](OC(C)=O)[C@@H](OC(C)=O)[C@@H]1OC(C)=O. The van der Waals surface area contributed by atoms with E-state index in [1.165, 1.54) is 0 Å². The summed E-state index contributed by atoms with van der Waals surface area (Å²) in [7, 11) is 0. The lowest BCUT2D eigenvalue weighted by Gasteiger charge is -2.51. The summed E-state index contributed by atoms with van der Waals surface area (Å²) >= 11 is 5.95. The van der Waals surface area contributed by atoms with Gasteiger partial charge in [-0.1, -0.05) is 91.0 Å². The van der Waals surface area contributed by atoms with Crippen molar-refractivity contribution in [1.29, 1.82) is 0 Å². The zero-order valence-corrected chi connectivity index (χ0v) is 57.1. The van der Waals surface area contributed by atoms with Gasteiger partial charge in [0.2, 0.25) is 0 Å². The fourth-order valence-corrected chi connectivity index (χ4v) is 11.3. The van der Waals surface area contributed by atoms with Crippen LogP contribution in [0, 0.1) is 0 Å². The predicted octanol–water partition coefficient (Wildman–Crippen LogP) is 3.42. The van der Waals surface area contributed by atoms with Gasteiger partial charge in [0, 0.05) is 69.2 Å². The second kappa shape index (κ2) is 38.5. The summed E-state index contributed by atoms with van der Waals surface area (Å²) in [5, 5.41) is 0. The third-order valence-corrected chi connectivity index (χ3v) is 15.3. The van der Waals surface area contributed by atoms with Crippen LogP contribution in [-0.4, -0.2) is 221 Å². The number of ether oxygens (including phenoxy) is 21. The average Bonchev–Trinajstić information content (AvgIpc) is 0.767. The van der Waals surface area contributed by atoms with Crippen molar-refractivity contribution in [2.75, 3.05) is 32.3 Å². The molecule has 32 nitrogen and oxygen atoms in total. The molecule has 100 heavy (non-hydrogen) atoms. The van der Waals surface area contributed by atoms with Gasteiger partial charge in [0.1, 0.15) is 74.5 Å². The van der Waals surface area contributed by atoms with E-state index in [0.29, 0.717) is 16.7 Å². The molecule has 4 saturated heterocycles. The van der Waals surface area contributed by atoms with E-state index in [2.05, 4.69) is 0 Å². The Morgan fingerprint density at radius 2 is 0.570 bits per heavy atom. The van der Waals surface area contributed by atoms with E-state index in [1.54, 1.807) is 91.0 Å². The van der Waals surface area contributed by atoms with E-state index in [4.69, 9.17) is 111 Å². The highest BCUT2D eigenvalue weighted by Crippen LogP contribution is 2.40. The lowest BCUT2D eigenvalue weighted by molar-refractivity contribution is -0.389. The molecule has 0 N–H and O–H groups in total. The van der Waals surface area contributed by atoms with Gasteiger partial charge in [-0.05, 0) is 16.7 Å². The molecule has 548 valence electrons. The first-order valence-corrected chi connectivity index (χ1v) is 32.1. The van der Waals surface area contributed by atoms with E-state index in [1.807, 2.05) is 0 Å². The van der Waals surface area contributed by atoms with Gasteiger partial charge < -0.3 is 99.5 Å². The number of carbonyl (C=O) groups excluding carboxylic acids is 11. The highest BCUT2D eigenvalue weighted by Gasteiger charge is 2.61. The summed E-state index contributed by atoms with van der Waals surface area (Å²) in [6, 6.07) is 26.3. The van der Waals surface area contributed by atoms with Crippen molar-refractivity contribution in [2.24, 2.45) is 0 Å². The van der Waals surface area contributed by atoms with Crippen LogP contribution < -0.4 is 0 Å². The lowest BCUT2D eigenvalue weighted by atomic mass is 9.95. The van der Waals surface area contributed by atoms with Crippen LogP contribution in [0.1, 0.15) is 85.9 Å². The standard InChI is InChI=1S/C67H81ClO32/c1-34(69)80-30-48-53(87-37(4)72)57(90-40(7)75)61(91-41(8)76)65(95-48)86-33-47-52(83-27-44-20-14-11-15-21-44)56(60(84-28-45-22-16-12-17-23-45)64(94-47)85-29-46-24-18-13-19-25-46)99-67-63(93-43(10)78)59(55(89-39(6)74)50(97-67)32-82-36(3)71)100-66-62(92-42(9)77)58(98-51(79)26-68)54(88-38(5)73)49(96-66)31-81-35(2)70/h11-25,47-50,52-67H,26-33H2,1-10H3/t47-,48-,49-,50-,52-,53-,54-,55-,56+,57+,58+,59+,60-,61-,62-,63-,64-,65-,66+,67+/m1/s1. The van der Waals surface area contributed by atoms with Crippen LogP contribution in [0.5, 0.6) is 0 Å². The molecule has 0 aromatic heterocycles. The van der Waals surface area contributed by atoms with Gasteiger partial charge in [-0.3, -0.25) is 52.7 Å². The molecule has 4 aliphatic rings. The molecular weight excluding hydrogens is 1350 g/mol. The molecule has 3 aromatic rings. The fraction of sp³-hybridized carbons (Fsp3) is 0.567. The van der Waals surface area contributed by atoms with Gasteiger partial charge in [0.15, 0.2) is 74.0 Å². The first-order chi connectivity index (χ1) is 47.7. The number of benzene rings is 3. The highest BCUT2D eigenvalue weighted by atomic mass is 35.5. The molecule has 4 heterocycles. The van der Waals surface area contributed by atoms with Crippen molar-refractivity contribution in [3.63, 3.8) is 0 Å². The van der Waals surface area contributed by atoms with Crippen molar-refractivity contribution in [3.05, 3.63) is 108 Å². The number of esters is 11. The van der Waals surface area contributed by atoms with Gasteiger partial charge in [0.05, 0.1) is 26.4 Å². The Labute approximate surface area is 579 Å². The molecule has 20 atom stereocenters. The monoisotopic (exact) mass is 1430 g/mol. The van der Waals surface area contributed by atoms with Crippen LogP contribution in [0.25, 0.3) is 0 Å². The summed E-state index contributed by atoms with van der Waals surface area (Å²) in [6.45, 7) is 6.74. The number of hydrogen-bond acceptors (Lipinski definition) is 32. The van der Waals surface area contributed by atoms with Crippen molar-refractivity contribution < 1.29 is 152 Å². The minimum atomic E-state index is -2.13. The van der Waals surface area contributed by atoms with Crippen molar-refractivity contribution in [2.45, 2.75) is 212 Å². The molecular formula is C67H81ClO32. The number of alkyl halides is 1. The van der Waals surface area contributed by atoms with Crippen LogP contribution >= 0.6 is 11.6 Å². The first kappa shape index (κ1) is 79.1. The van der Waals surface area contributed by atoms with Gasteiger partial charge in [0.25, 0.3) is 0 Å². The third-order valence-electron chi connectivity index (χ3n) is 15.0. The summed E-state index contributed by atoms with van der Waals surface area (Å²) < 4.78 is 130. The zero-order valence-electron chi connectivity index (χ0n) is 56.3. The Kier molecular flexibility index (Phi) is 30.4. The Morgan fingerprint density at radius 1 is 0.290 bits per heavy atom. The summed E-state index contributed by atoms with van der Waals surface area (Å²) in [4.78, 5) is 143. The Bertz CT molecular complexity index is 3230. The molecule has 4 fully saturated rings. The largest absolute Gasteiger partial charge is 0.463 e. The molecule has 4 aliphatic heterocycles. The number of rotatable bonds is 31. The molecule has 0 bridgehead atoms. The molecule has 7 rings (SSSR count).